The average Bonchev–Trinajstić information content (AvgIpc) is 3.91. The Hall–Kier alpha value is -7.16. The summed E-state index contributed by atoms with van der Waals surface area (Å²) in [4.78, 5) is 14.4. The summed E-state index contributed by atoms with van der Waals surface area (Å²) in [5.41, 5.74) is 7.15. The van der Waals surface area contributed by atoms with E-state index in [-0.39, 0.29) is 0 Å². The Morgan fingerprint density at radius 2 is 1.22 bits per heavy atom. The summed E-state index contributed by atoms with van der Waals surface area (Å²) in [5.74, 6) is 0.535. The van der Waals surface area contributed by atoms with Crippen LogP contribution in [-0.2, 0) is 0 Å². The van der Waals surface area contributed by atoms with E-state index in [1.54, 1.807) is 22.7 Å². The Balaban J connectivity index is 1.15. The molecule has 0 bridgehead atoms. The van der Waals surface area contributed by atoms with Gasteiger partial charge < -0.3 is 4.57 Å². The Bertz CT molecular complexity index is 3470. The van der Waals surface area contributed by atoms with Crippen LogP contribution in [-0.4, -0.2) is 14.5 Å². The molecule has 7 aromatic carbocycles. The molecule has 0 amide bonds. The topological polar surface area (TPSA) is 58.9 Å². The highest BCUT2D eigenvalue weighted by atomic mass is 32.1. The van der Waals surface area contributed by atoms with Crippen molar-refractivity contribution in [3.63, 3.8) is 0 Å². The van der Waals surface area contributed by atoms with Crippen molar-refractivity contribution in [2.45, 2.75) is 0 Å². The van der Waals surface area contributed by atoms with Crippen LogP contribution >= 0.6 is 22.7 Å². The summed E-state index contributed by atoms with van der Waals surface area (Å²) in [6.07, 6.45) is 0. The van der Waals surface area contributed by atoms with Crippen LogP contribution in [0.5, 0.6) is 0 Å². The van der Waals surface area contributed by atoms with E-state index in [1.165, 1.54) is 30.3 Å². The normalized spacial score (nSPS) is 11.6. The molecule has 0 radical (unpaired) electrons. The van der Waals surface area contributed by atoms with Gasteiger partial charge in [0.15, 0.2) is 5.82 Å². The number of hydrogen-bond donors (Lipinski definition) is 0. The number of nitriles is 1. The molecule has 0 saturated carbocycles. The number of para-hydroxylation sites is 1. The van der Waals surface area contributed by atoms with Gasteiger partial charge in [0.25, 0.3) is 0 Å². The SMILES string of the molecule is [C-]#[N+]c1cc(-c2nc(-c3cccc4c3sc3ccccc34)nc(-c3ccccc3)c2C#N)ccc1-n1c2ccccc2c2cc3c(cc21)sc1ccccc13. The monoisotopic (exact) mass is 735 g/mol. The van der Waals surface area contributed by atoms with Crippen LogP contribution in [0.2, 0.25) is 0 Å². The lowest BCUT2D eigenvalue weighted by molar-refractivity contribution is 1.17. The van der Waals surface area contributed by atoms with Crippen molar-refractivity contribution in [3.8, 4) is 45.7 Å². The lowest BCUT2D eigenvalue weighted by Gasteiger charge is -2.15. The van der Waals surface area contributed by atoms with E-state index in [0.29, 0.717) is 34.0 Å². The third kappa shape index (κ3) is 4.75. The average molecular weight is 736 g/mol. The summed E-state index contributed by atoms with van der Waals surface area (Å²) < 4.78 is 6.95. The summed E-state index contributed by atoms with van der Waals surface area (Å²) in [5, 5.41) is 17.9. The van der Waals surface area contributed by atoms with Crippen molar-refractivity contribution in [1.29, 1.82) is 5.26 Å². The fourth-order valence-corrected chi connectivity index (χ4v) is 10.4. The maximum absolute atomic E-state index is 10.8. The highest BCUT2D eigenvalue weighted by Gasteiger charge is 2.23. The predicted molar refractivity (Wildman–Crippen MR) is 229 cm³/mol. The fourth-order valence-electron chi connectivity index (χ4n) is 8.02. The minimum absolute atomic E-state index is 0.367. The smallest absolute Gasteiger partial charge is 0.211 e. The van der Waals surface area contributed by atoms with Crippen molar-refractivity contribution >= 4 is 90.5 Å². The fraction of sp³-hybridized carbons (Fsp3) is 0. The van der Waals surface area contributed by atoms with Gasteiger partial charge in [-0.15, -0.1) is 22.7 Å². The number of thiophene rings is 2. The first-order valence-electron chi connectivity index (χ1n) is 17.8. The van der Waals surface area contributed by atoms with Crippen LogP contribution in [0.25, 0.3) is 107 Å². The van der Waals surface area contributed by atoms with E-state index >= 15 is 0 Å². The van der Waals surface area contributed by atoms with Crippen molar-refractivity contribution in [2.24, 2.45) is 0 Å². The molecule has 0 atom stereocenters. The van der Waals surface area contributed by atoms with Gasteiger partial charge in [0.2, 0.25) is 5.69 Å². The minimum atomic E-state index is 0.367. The zero-order valence-electron chi connectivity index (χ0n) is 29.0. The number of rotatable bonds is 4. The zero-order valence-corrected chi connectivity index (χ0v) is 30.6. The second kappa shape index (κ2) is 12.2. The molecule has 0 aliphatic rings. The summed E-state index contributed by atoms with van der Waals surface area (Å²) in [6, 6.07) is 54.3. The Morgan fingerprint density at radius 3 is 2.00 bits per heavy atom. The number of fused-ring (bicyclic) bond motifs is 9. The molecule has 254 valence electrons. The molecule has 4 aromatic heterocycles. The molecule has 4 heterocycles. The lowest BCUT2D eigenvalue weighted by Crippen LogP contribution is -2.01. The molecule has 55 heavy (non-hydrogen) atoms. The largest absolute Gasteiger partial charge is 0.319 e. The molecule has 0 aliphatic carbocycles. The maximum Gasteiger partial charge on any atom is 0.211 e. The van der Waals surface area contributed by atoms with Crippen molar-refractivity contribution in [3.05, 3.63) is 169 Å². The molecular weight excluding hydrogens is 711 g/mol. The zero-order chi connectivity index (χ0) is 36.6. The molecule has 0 unspecified atom stereocenters. The molecule has 7 heteroatoms. The van der Waals surface area contributed by atoms with Crippen molar-refractivity contribution < 1.29 is 0 Å². The maximum atomic E-state index is 10.8. The van der Waals surface area contributed by atoms with Gasteiger partial charge in [-0.1, -0.05) is 103 Å². The summed E-state index contributed by atoms with van der Waals surface area (Å²) in [6.45, 7) is 8.48. The van der Waals surface area contributed by atoms with Gasteiger partial charge in [0.1, 0.15) is 11.6 Å². The summed E-state index contributed by atoms with van der Waals surface area (Å²) >= 11 is 3.51. The lowest BCUT2D eigenvalue weighted by atomic mass is 9.99. The van der Waals surface area contributed by atoms with Gasteiger partial charge in [0, 0.05) is 62.2 Å². The van der Waals surface area contributed by atoms with E-state index in [2.05, 4.69) is 106 Å². The molecule has 11 rings (SSSR count). The van der Waals surface area contributed by atoms with Gasteiger partial charge >= 0.3 is 0 Å². The molecular formula is C48H25N5S2. The number of hydrogen-bond acceptors (Lipinski definition) is 5. The molecule has 11 aromatic rings. The number of benzene rings is 7. The predicted octanol–water partition coefficient (Wildman–Crippen LogP) is 13.7. The minimum Gasteiger partial charge on any atom is -0.319 e. The van der Waals surface area contributed by atoms with Crippen LogP contribution < -0.4 is 0 Å². The highest BCUT2D eigenvalue weighted by molar-refractivity contribution is 7.26. The third-order valence-electron chi connectivity index (χ3n) is 10.5. The molecule has 0 saturated heterocycles. The third-order valence-corrected chi connectivity index (χ3v) is 12.8. The first kappa shape index (κ1) is 31.4. The molecule has 0 N–H and O–H groups in total. The molecule has 0 aliphatic heterocycles. The standard InChI is InChI=1S/C48H25N5S2/c1-50-38-24-29(22-23-40(38)53-39-19-8-5-14-30(39)35-25-36-32-16-7-9-20-42(32)54-44(36)26-41(35)53)46-37(27-49)45(28-12-3-2-4-13-28)51-48(52-46)34-18-11-17-33-31-15-6-10-21-43(31)55-47(33)34/h2-26H. The van der Waals surface area contributed by atoms with Crippen LogP contribution in [0.15, 0.2) is 152 Å². The first-order chi connectivity index (χ1) is 27.2. The van der Waals surface area contributed by atoms with Crippen molar-refractivity contribution in [2.75, 3.05) is 0 Å². The Labute approximate surface area is 323 Å². The molecule has 0 spiro atoms. The van der Waals surface area contributed by atoms with E-state index in [9.17, 15) is 5.26 Å². The summed E-state index contributed by atoms with van der Waals surface area (Å²) in [7, 11) is 0. The van der Waals surface area contributed by atoms with Crippen molar-refractivity contribution in [1.82, 2.24) is 14.5 Å². The molecule has 5 nitrogen and oxygen atoms in total. The van der Waals surface area contributed by atoms with E-state index in [1.807, 2.05) is 60.7 Å². The van der Waals surface area contributed by atoms with Gasteiger partial charge in [-0.25, -0.2) is 14.8 Å². The first-order valence-corrected chi connectivity index (χ1v) is 19.5. The van der Waals surface area contributed by atoms with Gasteiger partial charge in [-0.05, 0) is 54.1 Å². The Morgan fingerprint density at radius 1 is 0.545 bits per heavy atom. The highest BCUT2D eigenvalue weighted by Crippen LogP contribution is 2.44. The van der Waals surface area contributed by atoms with Gasteiger partial charge in [-0.2, -0.15) is 5.26 Å². The molecule has 0 fully saturated rings. The second-order valence-corrected chi connectivity index (χ2v) is 15.6. The number of aromatic nitrogens is 3. The van der Waals surface area contributed by atoms with Gasteiger partial charge in [0.05, 0.1) is 34.7 Å². The van der Waals surface area contributed by atoms with Gasteiger partial charge in [-0.3, -0.25) is 0 Å². The van der Waals surface area contributed by atoms with E-state index in [4.69, 9.17) is 16.5 Å². The van der Waals surface area contributed by atoms with Crippen LogP contribution in [0.4, 0.5) is 5.69 Å². The Kier molecular flexibility index (Phi) is 6.96. The quantitative estimate of drug-likeness (QED) is 0.169. The van der Waals surface area contributed by atoms with Crippen LogP contribution in [0.1, 0.15) is 5.56 Å². The second-order valence-electron chi connectivity index (χ2n) is 13.5. The van der Waals surface area contributed by atoms with Crippen LogP contribution in [0.3, 0.4) is 0 Å². The van der Waals surface area contributed by atoms with E-state index < -0.39 is 0 Å². The van der Waals surface area contributed by atoms with Crippen LogP contribution in [0, 0.1) is 17.9 Å². The number of nitrogens with zero attached hydrogens (tertiary/aromatic N) is 5. The van der Waals surface area contributed by atoms with E-state index in [0.717, 1.165) is 48.7 Å².